The molecule has 2 heteroatoms. The van der Waals surface area contributed by atoms with Gasteiger partial charge in [0.05, 0.1) is 0 Å². The Bertz CT molecular complexity index is 390. The van der Waals surface area contributed by atoms with Crippen molar-refractivity contribution in [3.05, 3.63) is 35.9 Å². The zero-order chi connectivity index (χ0) is 13.1. The van der Waals surface area contributed by atoms with Crippen LogP contribution in [0.1, 0.15) is 25.3 Å². The van der Waals surface area contributed by atoms with Gasteiger partial charge in [-0.2, -0.15) is 0 Å². The van der Waals surface area contributed by atoms with Gasteiger partial charge in [0.25, 0.3) is 0 Å². The van der Waals surface area contributed by atoms with Crippen LogP contribution in [0, 0.1) is 11.8 Å². The summed E-state index contributed by atoms with van der Waals surface area (Å²) in [6, 6.07) is 11.5. The second-order valence-corrected chi connectivity index (χ2v) is 6.43. The Kier molecular flexibility index (Phi) is 4.19. The molecule has 2 nitrogen and oxygen atoms in total. The molecule has 0 radical (unpaired) electrons. The largest absolute Gasteiger partial charge is 0.312 e. The number of nitrogens with zero attached hydrogens (tertiary/aromatic N) is 1. The molecule has 1 aliphatic carbocycles. The third kappa shape index (κ3) is 3.80. The van der Waals surface area contributed by atoms with Crippen LogP contribution in [0.15, 0.2) is 30.3 Å². The Hall–Kier alpha value is -0.860. The van der Waals surface area contributed by atoms with Crippen molar-refractivity contribution in [3.8, 4) is 0 Å². The fraction of sp³-hybridized carbons (Fsp3) is 0.647. The Morgan fingerprint density at radius 3 is 2.79 bits per heavy atom. The highest BCUT2D eigenvalue weighted by atomic mass is 15.2. The average molecular weight is 258 g/mol. The molecule has 1 saturated heterocycles. The molecule has 3 rings (SSSR count). The average Bonchev–Trinajstić information content (AvgIpc) is 3.15. The van der Waals surface area contributed by atoms with Crippen LogP contribution in [0.3, 0.4) is 0 Å². The SMILES string of the molecule is CC1CC1CN1CCCNC(Cc2ccccc2)C1. The molecule has 1 aromatic rings. The van der Waals surface area contributed by atoms with Gasteiger partial charge in [-0.15, -0.1) is 0 Å². The minimum atomic E-state index is 0.624. The van der Waals surface area contributed by atoms with Crippen molar-refractivity contribution in [3.63, 3.8) is 0 Å². The highest BCUT2D eigenvalue weighted by molar-refractivity contribution is 5.16. The number of rotatable bonds is 4. The molecule has 1 heterocycles. The summed E-state index contributed by atoms with van der Waals surface area (Å²) in [5.41, 5.74) is 1.46. The minimum absolute atomic E-state index is 0.624. The zero-order valence-electron chi connectivity index (χ0n) is 12.0. The predicted octanol–water partition coefficient (Wildman–Crippen LogP) is 2.55. The van der Waals surface area contributed by atoms with Crippen LogP contribution in [0.2, 0.25) is 0 Å². The Labute approximate surface area is 117 Å². The van der Waals surface area contributed by atoms with E-state index in [2.05, 4.69) is 47.5 Å². The highest BCUT2D eigenvalue weighted by Gasteiger charge is 2.34. The second-order valence-electron chi connectivity index (χ2n) is 6.43. The van der Waals surface area contributed by atoms with Crippen LogP contribution in [0.25, 0.3) is 0 Å². The van der Waals surface area contributed by atoms with Gasteiger partial charge in [0.2, 0.25) is 0 Å². The molecular formula is C17H26N2. The lowest BCUT2D eigenvalue weighted by atomic mass is 10.1. The first kappa shape index (κ1) is 13.1. The van der Waals surface area contributed by atoms with Crippen LogP contribution in [-0.4, -0.2) is 37.1 Å². The van der Waals surface area contributed by atoms with Crippen molar-refractivity contribution >= 4 is 0 Å². The van der Waals surface area contributed by atoms with Gasteiger partial charge >= 0.3 is 0 Å². The van der Waals surface area contributed by atoms with Crippen molar-refractivity contribution in [2.45, 2.75) is 32.2 Å². The molecule has 2 aliphatic rings. The Balaban J connectivity index is 1.55. The van der Waals surface area contributed by atoms with Gasteiger partial charge in [-0.25, -0.2) is 0 Å². The van der Waals surface area contributed by atoms with Gasteiger partial charge in [0.15, 0.2) is 0 Å². The van der Waals surface area contributed by atoms with Gasteiger partial charge in [-0.3, -0.25) is 0 Å². The van der Waals surface area contributed by atoms with Gasteiger partial charge in [0.1, 0.15) is 0 Å². The quantitative estimate of drug-likeness (QED) is 0.893. The summed E-state index contributed by atoms with van der Waals surface area (Å²) in [5.74, 6) is 1.96. The predicted molar refractivity (Wildman–Crippen MR) is 80.3 cm³/mol. The van der Waals surface area contributed by atoms with Crippen molar-refractivity contribution < 1.29 is 0 Å². The summed E-state index contributed by atoms with van der Waals surface area (Å²) in [6.07, 6.45) is 3.91. The van der Waals surface area contributed by atoms with E-state index in [1.54, 1.807) is 0 Å². The number of benzene rings is 1. The van der Waals surface area contributed by atoms with E-state index in [0.29, 0.717) is 6.04 Å². The highest BCUT2D eigenvalue weighted by Crippen LogP contribution is 2.38. The lowest BCUT2D eigenvalue weighted by molar-refractivity contribution is 0.253. The summed E-state index contributed by atoms with van der Waals surface area (Å²) >= 11 is 0. The number of nitrogens with one attached hydrogen (secondary N) is 1. The Morgan fingerprint density at radius 2 is 2.05 bits per heavy atom. The monoisotopic (exact) mass is 258 g/mol. The summed E-state index contributed by atoms with van der Waals surface area (Å²) < 4.78 is 0. The van der Waals surface area contributed by atoms with Crippen molar-refractivity contribution in [1.29, 1.82) is 0 Å². The lowest BCUT2D eigenvalue weighted by Gasteiger charge is -2.24. The molecule has 0 spiro atoms. The Morgan fingerprint density at radius 1 is 1.26 bits per heavy atom. The van der Waals surface area contributed by atoms with E-state index >= 15 is 0 Å². The molecule has 2 fully saturated rings. The summed E-state index contributed by atoms with van der Waals surface area (Å²) in [7, 11) is 0. The van der Waals surface area contributed by atoms with E-state index in [1.165, 1.54) is 44.6 Å². The fourth-order valence-electron chi connectivity index (χ4n) is 3.26. The number of hydrogen-bond donors (Lipinski definition) is 1. The molecule has 1 aliphatic heterocycles. The molecule has 19 heavy (non-hydrogen) atoms. The third-order valence-corrected chi connectivity index (χ3v) is 4.66. The molecular weight excluding hydrogens is 232 g/mol. The fourth-order valence-corrected chi connectivity index (χ4v) is 3.26. The smallest absolute Gasteiger partial charge is 0.0235 e. The van der Waals surface area contributed by atoms with Gasteiger partial charge in [0, 0.05) is 19.1 Å². The van der Waals surface area contributed by atoms with Crippen LogP contribution in [0.4, 0.5) is 0 Å². The first-order chi connectivity index (χ1) is 9.31. The van der Waals surface area contributed by atoms with Crippen LogP contribution in [0.5, 0.6) is 0 Å². The molecule has 1 N–H and O–H groups in total. The van der Waals surface area contributed by atoms with E-state index in [4.69, 9.17) is 0 Å². The summed E-state index contributed by atoms with van der Waals surface area (Å²) in [4.78, 5) is 2.70. The molecule has 3 atom stereocenters. The van der Waals surface area contributed by atoms with Crippen LogP contribution in [-0.2, 0) is 6.42 Å². The normalized spacial score (nSPS) is 31.9. The van der Waals surface area contributed by atoms with Gasteiger partial charge < -0.3 is 10.2 Å². The first-order valence-corrected chi connectivity index (χ1v) is 7.81. The van der Waals surface area contributed by atoms with E-state index in [9.17, 15) is 0 Å². The molecule has 1 saturated carbocycles. The van der Waals surface area contributed by atoms with Crippen molar-refractivity contribution in [2.24, 2.45) is 11.8 Å². The molecule has 0 bridgehead atoms. The van der Waals surface area contributed by atoms with E-state index < -0.39 is 0 Å². The minimum Gasteiger partial charge on any atom is -0.312 e. The van der Waals surface area contributed by atoms with E-state index in [1.807, 2.05) is 0 Å². The second kappa shape index (κ2) is 6.06. The molecule has 1 aromatic carbocycles. The molecule has 104 valence electrons. The molecule has 0 aromatic heterocycles. The topological polar surface area (TPSA) is 15.3 Å². The maximum Gasteiger partial charge on any atom is 0.0235 e. The maximum absolute atomic E-state index is 3.72. The van der Waals surface area contributed by atoms with E-state index in [0.717, 1.165) is 18.3 Å². The third-order valence-electron chi connectivity index (χ3n) is 4.66. The van der Waals surface area contributed by atoms with Crippen LogP contribution >= 0.6 is 0 Å². The summed E-state index contributed by atoms with van der Waals surface area (Å²) in [5, 5.41) is 3.72. The zero-order valence-corrected chi connectivity index (χ0v) is 12.0. The molecule has 0 amide bonds. The molecule has 3 unspecified atom stereocenters. The van der Waals surface area contributed by atoms with E-state index in [-0.39, 0.29) is 0 Å². The van der Waals surface area contributed by atoms with Gasteiger partial charge in [-0.05, 0) is 49.8 Å². The maximum atomic E-state index is 3.72. The standard InChI is InChI=1S/C17H26N2/c1-14-10-16(14)12-19-9-5-8-18-17(13-19)11-15-6-3-2-4-7-15/h2-4,6-7,14,16-18H,5,8-13H2,1H3. The summed E-state index contributed by atoms with van der Waals surface area (Å²) in [6.45, 7) is 7.39. The van der Waals surface area contributed by atoms with Crippen LogP contribution < -0.4 is 5.32 Å². The number of hydrogen-bond acceptors (Lipinski definition) is 2. The van der Waals surface area contributed by atoms with Gasteiger partial charge in [-0.1, -0.05) is 37.3 Å². The van der Waals surface area contributed by atoms with Crippen molar-refractivity contribution in [2.75, 3.05) is 26.2 Å². The van der Waals surface area contributed by atoms with Crippen molar-refractivity contribution in [1.82, 2.24) is 10.2 Å². The lowest BCUT2D eigenvalue weighted by Crippen LogP contribution is -2.40. The first-order valence-electron chi connectivity index (χ1n) is 7.81.